The summed E-state index contributed by atoms with van der Waals surface area (Å²) < 4.78 is 6.38. The number of halogens is 1. The highest BCUT2D eigenvalue weighted by molar-refractivity contribution is 5.89. The largest absolute Gasteiger partial charge is 0.489 e. The number of aryl methyl sites for hydroxylation is 1. The molecule has 3 atom stereocenters. The molecular weight excluding hydrogens is 458 g/mol. The zero-order valence-corrected chi connectivity index (χ0v) is 20.7. The molecule has 1 unspecified atom stereocenters. The Kier molecular flexibility index (Phi) is 7.44. The van der Waals surface area contributed by atoms with Gasteiger partial charge in [0.05, 0.1) is 5.56 Å². The SMILES string of the molecule is Cc1ccc(C2C[C@H](CN[C@H](C)c3cccc4ccccc34)Oc3ccccc32)cc1C(=O)O.Cl. The van der Waals surface area contributed by atoms with Gasteiger partial charge in [0.1, 0.15) is 11.9 Å². The number of hydrogen-bond donors (Lipinski definition) is 2. The number of ether oxygens (including phenoxy) is 1. The Morgan fingerprint density at radius 1 is 1.03 bits per heavy atom. The van der Waals surface area contributed by atoms with Gasteiger partial charge in [-0.15, -0.1) is 12.4 Å². The van der Waals surface area contributed by atoms with Crippen molar-refractivity contribution < 1.29 is 14.6 Å². The zero-order chi connectivity index (χ0) is 23.7. The quantitative estimate of drug-likeness (QED) is 0.310. The second-order valence-electron chi connectivity index (χ2n) is 9.14. The number of nitrogens with one attached hydrogen (secondary N) is 1. The summed E-state index contributed by atoms with van der Waals surface area (Å²) in [6.07, 6.45) is 0.765. The summed E-state index contributed by atoms with van der Waals surface area (Å²) in [4.78, 5) is 11.7. The Bertz CT molecular complexity index is 1350. The van der Waals surface area contributed by atoms with Crippen LogP contribution >= 0.6 is 12.4 Å². The van der Waals surface area contributed by atoms with E-state index in [0.717, 1.165) is 28.9 Å². The van der Waals surface area contributed by atoms with E-state index in [1.54, 1.807) is 0 Å². The monoisotopic (exact) mass is 487 g/mol. The van der Waals surface area contributed by atoms with Crippen LogP contribution in [0.15, 0.2) is 84.9 Å². The molecule has 4 aromatic carbocycles. The summed E-state index contributed by atoms with van der Waals surface area (Å²) in [6.45, 7) is 4.73. The predicted molar refractivity (Wildman–Crippen MR) is 143 cm³/mol. The maximum absolute atomic E-state index is 11.7. The molecule has 4 nitrogen and oxygen atoms in total. The molecule has 0 radical (unpaired) electrons. The molecular formula is C30H30ClNO3. The first-order valence-corrected chi connectivity index (χ1v) is 11.8. The molecule has 0 saturated carbocycles. The molecule has 0 spiro atoms. The third-order valence-electron chi connectivity index (χ3n) is 6.92. The van der Waals surface area contributed by atoms with E-state index in [1.165, 1.54) is 16.3 Å². The smallest absolute Gasteiger partial charge is 0.335 e. The van der Waals surface area contributed by atoms with Crippen molar-refractivity contribution in [1.29, 1.82) is 0 Å². The molecule has 0 bridgehead atoms. The number of aromatic carboxylic acids is 1. The molecule has 1 aliphatic heterocycles. The molecule has 2 N–H and O–H groups in total. The molecule has 0 amide bonds. The number of carboxylic acids is 1. The topological polar surface area (TPSA) is 58.6 Å². The zero-order valence-electron chi connectivity index (χ0n) is 19.9. The van der Waals surface area contributed by atoms with Crippen LogP contribution in [0.1, 0.15) is 57.9 Å². The standard InChI is InChI=1S/C30H29NO3.ClH/c1-19-14-15-22(16-27(19)30(32)33)28-17-23(34-29-13-6-5-11-26(28)29)18-31-20(2)24-12-7-9-21-8-3-4-10-25(21)24;/h3-16,20,23,28,31H,17-18H2,1-2H3,(H,32,33);1H/t20-,23-,28?;/m1./s1. The molecule has 0 aliphatic carbocycles. The van der Waals surface area contributed by atoms with E-state index < -0.39 is 5.97 Å². The van der Waals surface area contributed by atoms with Crippen molar-refractivity contribution in [2.24, 2.45) is 0 Å². The summed E-state index contributed by atoms with van der Waals surface area (Å²) in [5, 5.41) is 15.8. The Labute approximate surface area is 212 Å². The van der Waals surface area contributed by atoms with Crippen LogP contribution < -0.4 is 10.1 Å². The first-order chi connectivity index (χ1) is 16.5. The van der Waals surface area contributed by atoms with E-state index in [4.69, 9.17) is 4.74 Å². The van der Waals surface area contributed by atoms with E-state index in [2.05, 4.69) is 66.8 Å². The minimum Gasteiger partial charge on any atom is -0.489 e. The van der Waals surface area contributed by atoms with Crippen LogP contribution in [-0.4, -0.2) is 23.7 Å². The van der Waals surface area contributed by atoms with Crippen LogP contribution in [-0.2, 0) is 0 Å². The maximum atomic E-state index is 11.7. The first-order valence-electron chi connectivity index (χ1n) is 11.8. The van der Waals surface area contributed by atoms with Gasteiger partial charge in [-0.05, 0) is 59.9 Å². The van der Waals surface area contributed by atoms with E-state index in [-0.39, 0.29) is 30.5 Å². The van der Waals surface area contributed by atoms with Crippen molar-refractivity contribution in [2.75, 3.05) is 6.54 Å². The summed E-state index contributed by atoms with van der Waals surface area (Å²) in [5.41, 5.74) is 4.54. The lowest BCUT2D eigenvalue weighted by atomic mass is 9.83. The third kappa shape index (κ3) is 5.04. The fraction of sp³-hybridized carbons (Fsp3) is 0.233. The number of rotatable bonds is 6. The van der Waals surface area contributed by atoms with Crippen molar-refractivity contribution in [1.82, 2.24) is 5.32 Å². The van der Waals surface area contributed by atoms with Crippen molar-refractivity contribution in [2.45, 2.75) is 38.3 Å². The van der Waals surface area contributed by atoms with Crippen LogP contribution in [0.5, 0.6) is 5.75 Å². The Hall–Kier alpha value is -3.34. The lowest BCUT2D eigenvalue weighted by molar-refractivity contribution is 0.0696. The number of para-hydroxylation sites is 1. The van der Waals surface area contributed by atoms with E-state index in [9.17, 15) is 9.90 Å². The average Bonchev–Trinajstić information content (AvgIpc) is 2.86. The molecule has 35 heavy (non-hydrogen) atoms. The van der Waals surface area contributed by atoms with Crippen molar-refractivity contribution >= 4 is 29.1 Å². The summed E-state index contributed by atoms with van der Waals surface area (Å²) in [6, 6.07) is 29.0. The lowest BCUT2D eigenvalue weighted by Crippen LogP contribution is -2.37. The number of hydrogen-bond acceptors (Lipinski definition) is 3. The van der Waals surface area contributed by atoms with Crippen LogP contribution in [0.4, 0.5) is 0 Å². The van der Waals surface area contributed by atoms with Gasteiger partial charge in [-0.2, -0.15) is 0 Å². The Morgan fingerprint density at radius 3 is 2.60 bits per heavy atom. The van der Waals surface area contributed by atoms with Crippen molar-refractivity contribution in [3.63, 3.8) is 0 Å². The molecule has 5 heteroatoms. The average molecular weight is 488 g/mol. The molecule has 180 valence electrons. The van der Waals surface area contributed by atoms with Crippen molar-refractivity contribution in [3.8, 4) is 5.75 Å². The van der Waals surface area contributed by atoms with Crippen LogP contribution in [0.3, 0.4) is 0 Å². The second kappa shape index (κ2) is 10.5. The van der Waals surface area contributed by atoms with Gasteiger partial charge in [-0.1, -0.05) is 72.8 Å². The molecule has 0 saturated heterocycles. The fourth-order valence-electron chi connectivity index (χ4n) is 5.07. The summed E-state index contributed by atoms with van der Waals surface area (Å²) in [5.74, 6) is 0.0750. The van der Waals surface area contributed by atoms with Gasteiger partial charge in [0.15, 0.2) is 0 Å². The molecule has 1 heterocycles. The molecule has 5 rings (SSSR count). The van der Waals surface area contributed by atoms with Gasteiger partial charge in [-0.3, -0.25) is 0 Å². The molecule has 0 aromatic heterocycles. The minimum atomic E-state index is -0.887. The molecule has 4 aromatic rings. The highest BCUT2D eigenvalue weighted by Gasteiger charge is 2.30. The normalized spacial score (nSPS) is 17.7. The predicted octanol–water partition coefficient (Wildman–Crippen LogP) is 6.90. The summed E-state index contributed by atoms with van der Waals surface area (Å²) >= 11 is 0. The number of benzene rings is 4. The van der Waals surface area contributed by atoms with Gasteiger partial charge in [0.25, 0.3) is 0 Å². The Balaban J connectivity index is 0.00000289. The highest BCUT2D eigenvalue weighted by Crippen LogP contribution is 2.40. The van der Waals surface area contributed by atoms with Crippen LogP contribution in [0.25, 0.3) is 10.8 Å². The van der Waals surface area contributed by atoms with Gasteiger partial charge in [0, 0.05) is 24.1 Å². The number of carbonyl (C=O) groups is 1. The minimum absolute atomic E-state index is 0. The van der Waals surface area contributed by atoms with E-state index in [1.807, 2.05) is 37.3 Å². The first kappa shape index (κ1) is 24.8. The number of carboxylic acid groups (broad SMARTS) is 1. The fourth-order valence-corrected chi connectivity index (χ4v) is 5.07. The third-order valence-corrected chi connectivity index (χ3v) is 6.92. The highest BCUT2D eigenvalue weighted by atomic mass is 35.5. The van der Waals surface area contributed by atoms with E-state index in [0.29, 0.717) is 12.1 Å². The van der Waals surface area contributed by atoms with Crippen molar-refractivity contribution in [3.05, 3.63) is 113 Å². The van der Waals surface area contributed by atoms with Gasteiger partial charge in [-0.25, -0.2) is 4.79 Å². The second-order valence-corrected chi connectivity index (χ2v) is 9.14. The Morgan fingerprint density at radius 2 is 1.77 bits per heavy atom. The molecule has 1 aliphatic rings. The van der Waals surface area contributed by atoms with Crippen LogP contribution in [0.2, 0.25) is 0 Å². The maximum Gasteiger partial charge on any atom is 0.335 e. The van der Waals surface area contributed by atoms with Gasteiger partial charge in [0.2, 0.25) is 0 Å². The van der Waals surface area contributed by atoms with Crippen LogP contribution in [0, 0.1) is 6.92 Å². The van der Waals surface area contributed by atoms with Gasteiger partial charge >= 0.3 is 5.97 Å². The lowest BCUT2D eigenvalue weighted by Gasteiger charge is -2.33. The van der Waals surface area contributed by atoms with E-state index >= 15 is 0 Å². The number of fused-ring (bicyclic) bond motifs is 2. The van der Waals surface area contributed by atoms with Gasteiger partial charge < -0.3 is 15.2 Å². The molecule has 0 fully saturated rings. The summed E-state index contributed by atoms with van der Waals surface area (Å²) in [7, 11) is 0.